The topological polar surface area (TPSA) is 81.8 Å². The molecule has 4 aliphatic rings. The van der Waals surface area contributed by atoms with Crippen LogP contribution in [0.25, 0.3) is 0 Å². The van der Waals surface area contributed by atoms with Crippen molar-refractivity contribution in [3.05, 3.63) is 34.9 Å². The minimum atomic E-state index is -0.551. The Bertz CT molecular complexity index is 854. The van der Waals surface area contributed by atoms with Crippen molar-refractivity contribution >= 4 is 17.7 Å². The first-order valence-corrected chi connectivity index (χ1v) is 10.8. The Labute approximate surface area is 170 Å². The van der Waals surface area contributed by atoms with Crippen molar-refractivity contribution in [2.45, 2.75) is 44.8 Å². The number of likely N-dealkylation sites (tertiary alicyclic amines) is 1. The molecule has 2 N–H and O–H groups in total. The molecule has 3 unspecified atom stereocenters. The third-order valence-electron chi connectivity index (χ3n) is 7.11. The first-order chi connectivity index (χ1) is 14.1. The maximum atomic E-state index is 13.2. The molecule has 0 spiro atoms. The summed E-state index contributed by atoms with van der Waals surface area (Å²) in [6, 6.07) is 5.50. The minimum absolute atomic E-state index is 0.0701. The molecule has 7 nitrogen and oxygen atoms in total. The third-order valence-corrected chi connectivity index (χ3v) is 7.11. The average molecular weight is 396 g/mol. The van der Waals surface area contributed by atoms with Crippen LogP contribution >= 0.6 is 0 Å². The van der Waals surface area contributed by atoms with Crippen LogP contribution in [0.4, 0.5) is 0 Å². The van der Waals surface area contributed by atoms with Gasteiger partial charge in [-0.15, -0.1) is 0 Å². The van der Waals surface area contributed by atoms with E-state index in [1.165, 1.54) is 12.8 Å². The first-order valence-electron chi connectivity index (χ1n) is 10.8. The van der Waals surface area contributed by atoms with Crippen LogP contribution in [0.15, 0.2) is 18.2 Å². The number of imide groups is 1. The van der Waals surface area contributed by atoms with Crippen LogP contribution in [0.3, 0.4) is 0 Å². The second-order valence-electron chi connectivity index (χ2n) is 8.89. The van der Waals surface area contributed by atoms with E-state index in [9.17, 15) is 14.4 Å². The van der Waals surface area contributed by atoms with Gasteiger partial charge in [0.2, 0.25) is 11.8 Å². The SMILES string of the molecule is O=C1CCC(N2Cc3cccc(CN4CCC5CCNCC5C4)c3C2=O)C(=O)N1. The number of hydrogen-bond donors (Lipinski definition) is 2. The predicted octanol–water partition coefficient (Wildman–Crippen LogP) is 0.879. The van der Waals surface area contributed by atoms with Crippen LogP contribution < -0.4 is 10.6 Å². The number of fused-ring (bicyclic) bond motifs is 2. The van der Waals surface area contributed by atoms with Crippen LogP contribution in [-0.2, 0) is 22.7 Å². The van der Waals surface area contributed by atoms with E-state index in [1.54, 1.807) is 4.90 Å². The molecule has 7 heteroatoms. The summed E-state index contributed by atoms with van der Waals surface area (Å²) in [6.07, 6.45) is 3.20. The van der Waals surface area contributed by atoms with E-state index in [4.69, 9.17) is 0 Å². The van der Waals surface area contributed by atoms with Gasteiger partial charge in [0, 0.05) is 31.6 Å². The molecule has 5 rings (SSSR count). The zero-order valence-corrected chi connectivity index (χ0v) is 16.7. The lowest BCUT2D eigenvalue weighted by Gasteiger charge is -2.41. The van der Waals surface area contributed by atoms with Crippen molar-refractivity contribution < 1.29 is 14.4 Å². The Hall–Kier alpha value is -2.25. The van der Waals surface area contributed by atoms with Crippen LogP contribution in [-0.4, -0.2) is 59.7 Å². The lowest BCUT2D eigenvalue weighted by molar-refractivity contribution is -0.136. The number of carbonyl (C=O) groups excluding carboxylic acids is 3. The van der Waals surface area contributed by atoms with E-state index in [1.807, 2.05) is 12.1 Å². The summed E-state index contributed by atoms with van der Waals surface area (Å²) < 4.78 is 0. The number of benzene rings is 1. The van der Waals surface area contributed by atoms with Crippen LogP contribution in [0.2, 0.25) is 0 Å². The second kappa shape index (κ2) is 7.54. The zero-order chi connectivity index (χ0) is 20.0. The van der Waals surface area contributed by atoms with Gasteiger partial charge in [-0.3, -0.25) is 24.6 Å². The lowest BCUT2D eigenvalue weighted by Crippen LogP contribution is -2.52. The molecule has 3 amide bonds. The Balaban J connectivity index is 1.32. The highest BCUT2D eigenvalue weighted by molar-refractivity contribution is 6.05. The number of nitrogens with one attached hydrogen (secondary N) is 2. The number of nitrogens with zero attached hydrogens (tertiary/aromatic N) is 2. The van der Waals surface area contributed by atoms with E-state index in [0.717, 1.165) is 55.3 Å². The molecule has 0 bridgehead atoms. The molecular weight excluding hydrogens is 368 g/mol. The molecular formula is C22H28N4O3. The van der Waals surface area contributed by atoms with Crippen molar-refractivity contribution in [3.63, 3.8) is 0 Å². The fraction of sp³-hybridized carbons (Fsp3) is 0.591. The maximum Gasteiger partial charge on any atom is 0.255 e. The summed E-state index contributed by atoms with van der Waals surface area (Å²) >= 11 is 0. The molecule has 0 aromatic heterocycles. The summed E-state index contributed by atoms with van der Waals surface area (Å²) in [6.45, 7) is 5.61. The van der Waals surface area contributed by atoms with Gasteiger partial charge in [-0.25, -0.2) is 0 Å². The van der Waals surface area contributed by atoms with Gasteiger partial charge in [0.1, 0.15) is 6.04 Å². The molecule has 0 radical (unpaired) electrons. The standard InChI is InChI=1S/C22H28N4O3/c27-19-5-4-18(21(28)24-19)26-13-16-3-1-2-15(20(16)22(26)29)11-25-9-7-14-6-8-23-10-17(14)12-25/h1-3,14,17-18,23H,4-13H2,(H,24,27,28). The number of amides is 3. The van der Waals surface area contributed by atoms with Crippen molar-refractivity contribution in [1.29, 1.82) is 0 Å². The molecule has 0 saturated carbocycles. The highest BCUT2D eigenvalue weighted by Gasteiger charge is 2.40. The molecule has 0 aliphatic carbocycles. The second-order valence-corrected chi connectivity index (χ2v) is 8.89. The molecule has 1 aromatic rings. The number of carbonyl (C=O) groups is 3. The highest BCUT2D eigenvalue weighted by Crippen LogP contribution is 2.33. The fourth-order valence-corrected chi connectivity index (χ4v) is 5.55. The fourth-order valence-electron chi connectivity index (χ4n) is 5.55. The van der Waals surface area contributed by atoms with Gasteiger partial charge in [0.25, 0.3) is 5.91 Å². The summed E-state index contributed by atoms with van der Waals surface area (Å²) in [7, 11) is 0. The molecule has 4 heterocycles. The minimum Gasteiger partial charge on any atom is -0.322 e. The smallest absolute Gasteiger partial charge is 0.255 e. The zero-order valence-electron chi connectivity index (χ0n) is 16.7. The molecule has 3 atom stereocenters. The Kier molecular flexibility index (Phi) is 4.87. The van der Waals surface area contributed by atoms with Gasteiger partial charge in [-0.1, -0.05) is 18.2 Å². The number of piperidine rings is 3. The third kappa shape index (κ3) is 3.46. The normalized spacial score (nSPS) is 30.1. The molecule has 3 fully saturated rings. The van der Waals surface area contributed by atoms with Crippen molar-refractivity contribution in [1.82, 2.24) is 20.4 Å². The van der Waals surface area contributed by atoms with Gasteiger partial charge >= 0.3 is 0 Å². The van der Waals surface area contributed by atoms with Gasteiger partial charge in [0.05, 0.1) is 0 Å². The van der Waals surface area contributed by atoms with Gasteiger partial charge in [0.15, 0.2) is 0 Å². The highest BCUT2D eigenvalue weighted by atomic mass is 16.2. The summed E-state index contributed by atoms with van der Waals surface area (Å²) in [5, 5.41) is 5.89. The van der Waals surface area contributed by atoms with Gasteiger partial charge in [-0.2, -0.15) is 0 Å². The first kappa shape index (κ1) is 18.8. The Morgan fingerprint density at radius 3 is 2.83 bits per heavy atom. The summed E-state index contributed by atoms with van der Waals surface area (Å²) in [5.41, 5.74) is 2.82. The average Bonchev–Trinajstić information content (AvgIpc) is 3.05. The van der Waals surface area contributed by atoms with E-state index in [0.29, 0.717) is 18.9 Å². The molecule has 154 valence electrons. The quantitative estimate of drug-likeness (QED) is 0.742. The van der Waals surface area contributed by atoms with Crippen LogP contribution in [0.5, 0.6) is 0 Å². The summed E-state index contributed by atoms with van der Waals surface area (Å²) in [4.78, 5) is 41.1. The lowest BCUT2D eigenvalue weighted by atomic mass is 9.81. The Morgan fingerprint density at radius 1 is 1.07 bits per heavy atom. The largest absolute Gasteiger partial charge is 0.322 e. The van der Waals surface area contributed by atoms with Crippen LogP contribution in [0.1, 0.15) is 47.2 Å². The van der Waals surface area contributed by atoms with Crippen molar-refractivity contribution in [3.8, 4) is 0 Å². The predicted molar refractivity (Wildman–Crippen MR) is 107 cm³/mol. The van der Waals surface area contributed by atoms with E-state index in [2.05, 4.69) is 21.6 Å². The molecule has 3 saturated heterocycles. The van der Waals surface area contributed by atoms with E-state index >= 15 is 0 Å². The van der Waals surface area contributed by atoms with Crippen molar-refractivity contribution in [2.75, 3.05) is 26.2 Å². The summed E-state index contributed by atoms with van der Waals surface area (Å²) in [5.74, 6) is 0.857. The molecule has 1 aromatic carbocycles. The molecule has 4 aliphatic heterocycles. The molecule has 29 heavy (non-hydrogen) atoms. The monoisotopic (exact) mass is 396 g/mol. The van der Waals surface area contributed by atoms with E-state index < -0.39 is 6.04 Å². The van der Waals surface area contributed by atoms with Crippen LogP contribution in [0, 0.1) is 11.8 Å². The number of rotatable bonds is 3. The van der Waals surface area contributed by atoms with E-state index in [-0.39, 0.29) is 24.1 Å². The van der Waals surface area contributed by atoms with Gasteiger partial charge < -0.3 is 10.2 Å². The Morgan fingerprint density at radius 2 is 1.97 bits per heavy atom. The number of hydrogen-bond acceptors (Lipinski definition) is 5. The maximum absolute atomic E-state index is 13.2. The van der Waals surface area contributed by atoms with Crippen molar-refractivity contribution in [2.24, 2.45) is 11.8 Å². The van der Waals surface area contributed by atoms with Gasteiger partial charge in [-0.05, 0) is 61.9 Å².